The molecule has 0 unspecified atom stereocenters. The Labute approximate surface area is 124 Å². The number of pyridine rings is 1. The van der Waals surface area contributed by atoms with Gasteiger partial charge in [0.25, 0.3) is 0 Å². The van der Waals surface area contributed by atoms with Crippen LogP contribution in [0.2, 0.25) is 0 Å². The van der Waals surface area contributed by atoms with Gasteiger partial charge in [0.1, 0.15) is 0 Å². The van der Waals surface area contributed by atoms with Crippen LogP contribution >= 0.6 is 11.3 Å². The second kappa shape index (κ2) is 5.94. The average Bonchev–Trinajstić information content (AvgIpc) is 2.93. The summed E-state index contributed by atoms with van der Waals surface area (Å²) in [6.45, 7) is 8.23. The standard InChI is InChI=1S/C16H21N3S/c1-3-17-9-14-10-18-12(2)8-15(14)19-6-4-16-13(11-19)5-7-20-16/h5,7-8,10,17H,3-4,6,9,11H2,1-2H3. The highest BCUT2D eigenvalue weighted by Gasteiger charge is 2.19. The zero-order chi connectivity index (χ0) is 13.9. The fourth-order valence-electron chi connectivity index (χ4n) is 2.72. The van der Waals surface area contributed by atoms with Crippen molar-refractivity contribution in [3.8, 4) is 0 Å². The molecule has 3 rings (SSSR count). The lowest BCUT2D eigenvalue weighted by Gasteiger charge is -2.31. The minimum atomic E-state index is 0.895. The van der Waals surface area contributed by atoms with Gasteiger partial charge in [-0.3, -0.25) is 4.98 Å². The molecule has 3 heterocycles. The zero-order valence-corrected chi connectivity index (χ0v) is 13.0. The lowest BCUT2D eigenvalue weighted by atomic mass is 10.1. The van der Waals surface area contributed by atoms with Gasteiger partial charge in [-0.05, 0) is 43.0 Å². The van der Waals surface area contributed by atoms with E-state index in [0.29, 0.717) is 0 Å². The number of nitrogens with one attached hydrogen (secondary N) is 1. The van der Waals surface area contributed by atoms with Crippen molar-refractivity contribution < 1.29 is 0 Å². The Bertz CT molecular complexity index is 591. The van der Waals surface area contributed by atoms with E-state index in [0.717, 1.165) is 38.3 Å². The summed E-state index contributed by atoms with van der Waals surface area (Å²) in [5.74, 6) is 0. The van der Waals surface area contributed by atoms with Gasteiger partial charge in [0.15, 0.2) is 0 Å². The molecule has 2 aromatic heterocycles. The van der Waals surface area contributed by atoms with Gasteiger partial charge < -0.3 is 10.2 Å². The third-order valence-electron chi connectivity index (χ3n) is 3.81. The van der Waals surface area contributed by atoms with Gasteiger partial charge in [-0.15, -0.1) is 11.3 Å². The SMILES string of the molecule is CCNCc1cnc(C)cc1N1CCc2sccc2C1. The topological polar surface area (TPSA) is 28.2 Å². The van der Waals surface area contributed by atoms with Crippen LogP contribution in [0.25, 0.3) is 0 Å². The molecule has 0 radical (unpaired) electrons. The van der Waals surface area contributed by atoms with Gasteiger partial charge in [-0.25, -0.2) is 0 Å². The summed E-state index contributed by atoms with van der Waals surface area (Å²) in [6.07, 6.45) is 3.19. The molecule has 1 aliphatic rings. The van der Waals surface area contributed by atoms with Gasteiger partial charge in [-0.1, -0.05) is 6.92 Å². The Morgan fingerprint density at radius 2 is 2.35 bits per heavy atom. The second-order valence-corrected chi connectivity index (χ2v) is 6.28. The molecule has 0 aromatic carbocycles. The van der Waals surface area contributed by atoms with Gasteiger partial charge in [0, 0.05) is 47.7 Å². The number of hydrogen-bond donors (Lipinski definition) is 1. The van der Waals surface area contributed by atoms with Crippen LogP contribution in [0.1, 0.15) is 28.6 Å². The highest BCUT2D eigenvalue weighted by atomic mass is 32.1. The van der Waals surface area contributed by atoms with Crippen molar-refractivity contribution in [3.05, 3.63) is 45.4 Å². The quantitative estimate of drug-likeness (QED) is 0.936. The van der Waals surface area contributed by atoms with Crippen molar-refractivity contribution in [2.75, 3.05) is 18.0 Å². The fraction of sp³-hybridized carbons (Fsp3) is 0.438. The minimum Gasteiger partial charge on any atom is -0.366 e. The van der Waals surface area contributed by atoms with Crippen LogP contribution in [0.4, 0.5) is 5.69 Å². The maximum Gasteiger partial charge on any atom is 0.0448 e. The third-order valence-corrected chi connectivity index (χ3v) is 4.84. The molecule has 0 saturated carbocycles. The summed E-state index contributed by atoms with van der Waals surface area (Å²) in [6, 6.07) is 4.49. The highest BCUT2D eigenvalue weighted by molar-refractivity contribution is 7.10. The van der Waals surface area contributed by atoms with Crippen molar-refractivity contribution in [2.45, 2.75) is 33.4 Å². The molecule has 0 spiro atoms. The number of aromatic nitrogens is 1. The molecular formula is C16H21N3S. The van der Waals surface area contributed by atoms with Crippen LogP contribution in [-0.2, 0) is 19.5 Å². The van der Waals surface area contributed by atoms with Gasteiger partial charge in [0.2, 0.25) is 0 Å². The van der Waals surface area contributed by atoms with E-state index in [-0.39, 0.29) is 0 Å². The van der Waals surface area contributed by atoms with E-state index in [2.05, 4.69) is 46.6 Å². The number of anilines is 1. The predicted octanol–water partition coefficient (Wildman–Crippen LogP) is 3.12. The summed E-state index contributed by atoms with van der Waals surface area (Å²) in [4.78, 5) is 8.51. The maximum atomic E-state index is 4.46. The van der Waals surface area contributed by atoms with Crippen molar-refractivity contribution in [1.29, 1.82) is 0 Å². The minimum absolute atomic E-state index is 0.895. The molecule has 0 aliphatic carbocycles. The number of thiophene rings is 1. The number of nitrogens with zero attached hydrogens (tertiary/aromatic N) is 2. The van der Waals surface area contributed by atoms with Crippen LogP contribution in [0.5, 0.6) is 0 Å². The molecule has 0 saturated heterocycles. The van der Waals surface area contributed by atoms with Crippen LogP contribution in [0.15, 0.2) is 23.7 Å². The molecule has 3 nitrogen and oxygen atoms in total. The van der Waals surface area contributed by atoms with E-state index in [1.54, 1.807) is 4.88 Å². The summed E-state index contributed by atoms with van der Waals surface area (Å²) in [5, 5.41) is 5.63. The molecular weight excluding hydrogens is 266 g/mol. The number of hydrogen-bond acceptors (Lipinski definition) is 4. The zero-order valence-electron chi connectivity index (χ0n) is 12.1. The summed E-state index contributed by atoms with van der Waals surface area (Å²) < 4.78 is 0. The molecule has 0 atom stereocenters. The van der Waals surface area contributed by atoms with Crippen molar-refractivity contribution in [2.24, 2.45) is 0 Å². The first-order valence-electron chi connectivity index (χ1n) is 7.24. The van der Waals surface area contributed by atoms with E-state index in [1.807, 2.05) is 17.5 Å². The molecule has 1 N–H and O–H groups in total. The first-order valence-corrected chi connectivity index (χ1v) is 8.12. The molecule has 0 bridgehead atoms. The van der Waals surface area contributed by atoms with Gasteiger partial charge in [-0.2, -0.15) is 0 Å². The Morgan fingerprint density at radius 3 is 3.20 bits per heavy atom. The van der Waals surface area contributed by atoms with Crippen LogP contribution < -0.4 is 10.2 Å². The average molecular weight is 287 g/mol. The van der Waals surface area contributed by atoms with E-state index in [9.17, 15) is 0 Å². The fourth-order valence-corrected chi connectivity index (χ4v) is 3.61. The summed E-state index contributed by atoms with van der Waals surface area (Å²) in [7, 11) is 0. The Kier molecular flexibility index (Phi) is 4.03. The number of fused-ring (bicyclic) bond motifs is 1. The summed E-state index contributed by atoms with van der Waals surface area (Å²) in [5.41, 5.74) is 5.23. The maximum absolute atomic E-state index is 4.46. The molecule has 2 aromatic rings. The molecule has 0 amide bonds. The smallest absolute Gasteiger partial charge is 0.0448 e. The molecule has 106 valence electrons. The predicted molar refractivity (Wildman–Crippen MR) is 85.4 cm³/mol. The van der Waals surface area contributed by atoms with Gasteiger partial charge in [0.05, 0.1) is 0 Å². The molecule has 0 fully saturated rings. The Balaban J connectivity index is 1.87. The Hall–Kier alpha value is -1.39. The first kappa shape index (κ1) is 13.6. The van der Waals surface area contributed by atoms with Crippen LogP contribution in [0.3, 0.4) is 0 Å². The lowest BCUT2D eigenvalue weighted by molar-refractivity contribution is 0.701. The van der Waals surface area contributed by atoms with E-state index >= 15 is 0 Å². The van der Waals surface area contributed by atoms with E-state index < -0.39 is 0 Å². The number of rotatable bonds is 4. The summed E-state index contributed by atoms with van der Waals surface area (Å²) >= 11 is 1.89. The van der Waals surface area contributed by atoms with Crippen molar-refractivity contribution in [1.82, 2.24) is 10.3 Å². The van der Waals surface area contributed by atoms with Crippen molar-refractivity contribution in [3.63, 3.8) is 0 Å². The van der Waals surface area contributed by atoms with Gasteiger partial charge >= 0.3 is 0 Å². The highest BCUT2D eigenvalue weighted by Crippen LogP contribution is 2.30. The molecule has 4 heteroatoms. The van der Waals surface area contributed by atoms with Crippen LogP contribution in [0, 0.1) is 6.92 Å². The normalized spacial score (nSPS) is 14.4. The van der Waals surface area contributed by atoms with Crippen LogP contribution in [-0.4, -0.2) is 18.1 Å². The molecule has 20 heavy (non-hydrogen) atoms. The Morgan fingerprint density at radius 1 is 1.45 bits per heavy atom. The van der Waals surface area contributed by atoms with E-state index in [1.165, 1.54) is 16.8 Å². The van der Waals surface area contributed by atoms with Crippen molar-refractivity contribution >= 4 is 17.0 Å². The largest absolute Gasteiger partial charge is 0.366 e. The third kappa shape index (κ3) is 2.72. The lowest BCUT2D eigenvalue weighted by Crippen LogP contribution is -2.31. The monoisotopic (exact) mass is 287 g/mol. The second-order valence-electron chi connectivity index (χ2n) is 5.28. The first-order chi connectivity index (χ1) is 9.78. The molecule has 1 aliphatic heterocycles. The van der Waals surface area contributed by atoms with E-state index in [4.69, 9.17) is 0 Å². The number of aryl methyl sites for hydroxylation is 1.